The van der Waals surface area contributed by atoms with Gasteiger partial charge in [-0.05, 0) is 24.1 Å². The number of nitrogens with zero attached hydrogens (tertiary/aromatic N) is 2. The minimum atomic E-state index is -4.36. The van der Waals surface area contributed by atoms with E-state index in [9.17, 15) is 13.2 Å². The van der Waals surface area contributed by atoms with Crippen LogP contribution >= 0.6 is 0 Å². The number of rotatable bonds is 3. The summed E-state index contributed by atoms with van der Waals surface area (Å²) in [6.45, 7) is 4.03. The Bertz CT molecular complexity index is 616. The van der Waals surface area contributed by atoms with Crippen LogP contribution in [0.1, 0.15) is 37.7 Å². The summed E-state index contributed by atoms with van der Waals surface area (Å²) in [6, 6.07) is 3.30. The lowest BCUT2D eigenvalue weighted by molar-refractivity contribution is -0.137. The van der Waals surface area contributed by atoms with Gasteiger partial charge in [-0.1, -0.05) is 20.3 Å². The molecule has 2 rings (SSSR count). The number of benzene rings is 1. The quantitative estimate of drug-likeness (QED) is 0.935. The molecule has 0 bridgehead atoms. The average Bonchev–Trinajstić information content (AvgIpc) is 2.73. The van der Waals surface area contributed by atoms with E-state index in [4.69, 9.17) is 5.73 Å². The van der Waals surface area contributed by atoms with Gasteiger partial charge in [-0.25, -0.2) is 4.98 Å². The number of imidazole rings is 1. The van der Waals surface area contributed by atoms with Gasteiger partial charge in [0.05, 0.1) is 22.6 Å². The minimum absolute atomic E-state index is 0.215. The van der Waals surface area contributed by atoms with E-state index in [-0.39, 0.29) is 12.0 Å². The highest BCUT2D eigenvalue weighted by molar-refractivity contribution is 5.77. The van der Waals surface area contributed by atoms with Crippen molar-refractivity contribution in [2.75, 3.05) is 0 Å². The normalized spacial score (nSPS) is 15.6. The Kier molecular flexibility index (Phi) is 3.77. The summed E-state index contributed by atoms with van der Waals surface area (Å²) in [5.41, 5.74) is 6.43. The number of halogens is 3. The molecule has 0 radical (unpaired) electrons. The van der Waals surface area contributed by atoms with E-state index in [2.05, 4.69) is 4.98 Å². The molecule has 20 heavy (non-hydrogen) atoms. The fourth-order valence-electron chi connectivity index (χ4n) is 2.20. The number of aryl methyl sites for hydroxylation is 1. The maximum absolute atomic E-state index is 12.7. The van der Waals surface area contributed by atoms with Gasteiger partial charge in [-0.3, -0.25) is 0 Å². The summed E-state index contributed by atoms with van der Waals surface area (Å²) in [5.74, 6) is 0.835. The number of aromatic nitrogens is 2. The molecule has 0 aliphatic heterocycles. The zero-order valence-corrected chi connectivity index (χ0v) is 11.7. The Hall–Kier alpha value is -1.56. The zero-order valence-electron chi connectivity index (χ0n) is 11.7. The Morgan fingerprint density at radius 1 is 1.35 bits per heavy atom. The molecule has 0 saturated carbocycles. The first kappa shape index (κ1) is 14.8. The van der Waals surface area contributed by atoms with Crippen molar-refractivity contribution < 1.29 is 13.2 Å². The molecular formula is C14H18F3N3. The van der Waals surface area contributed by atoms with Crippen molar-refractivity contribution in [1.82, 2.24) is 9.55 Å². The molecule has 0 spiro atoms. The summed E-state index contributed by atoms with van der Waals surface area (Å²) in [6.07, 6.45) is -3.47. The van der Waals surface area contributed by atoms with Crippen molar-refractivity contribution in [2.24, 2.45) is 18.7 Å². The van der Waals surface area contributed by atoms with Crippen LogP contribution in [0.25, 0.3) is 11.0 Å². The summed E-state index contributed by atoms with van der Waals surface area (Å²) in [4.78, 5) is 4.29. The van der Waals surface area contributed by atoms with Crippen molar-refractivity contribution in [1.29, 1.82) is 0 Å². The van der Waals surface area contributed by atoms with E-state index in [0.717, 1.165) is 18.6 Å². The number of nitrogens with two attached hydrogens (primary N) is 1. The second-order valence-electron chi connectivity index (χ2n) is 5.14. The van der Waals surface area contributed by atoms with Gasteiger partial charge in [-0.15, -0.1) is 0 Å². The standard InChI is InChI=1S/C14H18F3N3/c1-4-8(2)12(18)13-19-10-7-9(14(15,16)17)5-6-11(10)20(13)3/h5-8,12H,4,18H2,1-3H3. The number of hydrogen-bond donors (Lipinski definition) is 1. The molecule has 1 heterocycles. The second-order valence-corrected chi connectivity index (χ2v) is 5.14. The molecule has 1 aromatic heterocycles. The lowest BCUT2D eigenvalue weighted by Gasteiger charge is -2.17. The van der Waals surface area contributed by atoms with Crippen LogP contribution in [0.15, 0.2) is 18.2 Å². The van der Waals surface area contributed by atoms with E-state index >= 15 is 0 Å². The number of hydrogen-bond acceptors (Lipinski definition) is 2. The van der Waals surface area contributed by atoms with Crippen LogP contribution in [0.4, 0.5) is 13.2 Å². The Morgan fingerprint density at radius 2 is 2.00 bits per heavy atom. The number of fused-ring (bicyclic) bond motifs is 1. The van der Waals surface area contributed by atoms with Crippen LogP contribution in [-0.4, -0.2) is 9.55 Å². The van der Waals surface area contributed by atoms with E-state index in [0.29, 0.717) is 16.9 Å². The minimum Gasteiger partial charge on any atom is -0.330 e. The molecule has 0 aliphatic rings. The van der Waals surface area contributed by atoms with Crippen LogP contribution in [0.3, 0.4) is 0 Å². The topological polar surface area (TPSA) is 43.8 Å². The first-order valence-electron chi connectivity index (χ1n) is 6.54. The highest BCUT2D eigenvalue weighted by atomic mass is 19.4. The lowest BCUT2D eigenvalue weighted by atomic mass is 9.99. The van der Waals surface area contributed by atoms with Crippen LogP contribution in [0.2, 0.25) is 0 Å². The maximum atomic E-state index is 12.7. The summed E-state index contributed by atoms with van der Waals surface area (Å²) < 4.78 is 39.9. The van der Waals surface area contributed by atoms with Crippen molar-refractivity contribution in [3.63, 3.8) is 0 Å². The van der Waals surface area contributed by atoms with E-state index in [1.807, 2.05) is 13.8 Å². The fraction of sp³-hybridized carbons (Fsp3) is 0.500. The first-order chi connectivity index (χ1) is 9.25. The van der Waals surface area contributed by atoms with Crippen LogP contribution in [-0.2, 0) is 13.2 Å². The molecule has 3 nitrogen and oxygen atoms in total. The molecule has 2 N–H and O–H groups in total. The Balaban J connectivity index is 2.52. The van der Waals surface area contributed by atoms with Crippen molar-refractivity contribution in [3.05, 3.63) is 29.6 Å². The largest absolute Gasteiger partial charge is 0.416 e. The van der Waals surface area contributed by atoms with E-state index < -0.39 is 11.7 Å². The smallest absolute Gasteiger partial charge is 0.330 e. The molecular weight excluding hydrogens is 267 g/mol. The van der Waals surface area contributed by atoms with Crippen molar-refractivity contribution >= 4 is 11.0 Å². The van der Waals surface area contributed by atoms with Crippen LogP contribution in [0, 0.1) is 5.92 Å². The molecule has 2 unspecified atom stereocenters. The third kappa shape index (κ3) is 2.52. The molecule has 0 aliphatic carbocycles. The summed E-state index contributed by atoms with van der Waals surface area (Å²) in [5, 5.41) is 0. The Labute approximate surface area is 115 Å². The van der Waals surface area contributed by atoms with Gasteiger partial charge >= 0.3 is 6.18 Å². The van der Waals surface area contributed by atoms with Gasteiger partial charge in [0.15, 0.2) is 0 Å². The molecule has 0 amide bonds. The van der Waals surface area contributed by atoms with Gasteiger partial charge in [-0.2, -0.15) is 13.2 Å². The summed E-state index contributed by atoms with van der Waals surface area (Å²) >= 11 is 0. The van der Waals surface area contributed by atoms with Crippen LogP contribution in [0.5, 0.6) is 0 Å². The van der Waals surface area contributed by atoms with E-state index in [1.165, 1.54) is 6.07 Å². The van der Waals surface area contributed by atoms with Gasteiger partial charge in [0.25, 0.3) is 0 Å². The third-order valence-corrected chi connectivity index (χ3v) is 3.80. The highest BCUT2D eigenvalue weighted by Crippen LogP contribution is 2.32. The van der Waals surface area contributed by atoms with Gasteiger partial charge in [0, 0.05) is 7.05 Å². The van der Waals surface area contributed by atoms with Gasteiger partial charge in [0.2, 0.25) is 0 Å². The molecule has 2 aromatic rings. The average molecular weight is 285 g/mol. The summed E-state index contributed by atoms with van der Waals surface area (Å²) in [7, 11) is 1.78. The maximum Gasteiger partial charge on any atom is 0.416 e. The fourth-order valence-corrected chi connectivity index (χ4v) is 2.20. The van der Waals surface area contributed by atoms with E-state index in [1.54, 1.807) is 11.6 Å². The zero-order chi connectivity index (χ0) is 15.1. The van der Waals surface area contributed by atoms with Crippen molar-refractivity contribution in [3.8, 4) is 0 Å². The number of alkyl halides is 3. The monoisotopic (exact) mass is 285 g/mol. The molecule has 1 aromatic carbocycles. The van der Waals surface area contributed by atoms with Crippen LogP contribution < -0.4 is 5.73 Å². The molecule has 6 heteroatoms. The first-order valence-corrected chi connectivity index (χ1v) is 6.54. The third-order valence-electron chi connectivity index (χ3n) is 3.80. The van der Waals surface area contributed by atoms with Gasteiger partial charge < -0.3 is 10.3 Å². The van der Waals surface area contributed by atoms with Gasteiger partial charge in [0.1, 0.15) is 5.82 Å². The van der Waals surface area contributed by atoms with Crippen molar-refractivity contribution in [2.45, 2.75) is 32.5 Å². The molecule has 0 saturated heterocycles. The molecule has 0 fully saturated rings. The Morgan fingerprint density at radius 3 is 2.55 bits per heavy atom. The second kappa shape index (κ2) is 5.09. The molecule has 110 valence electrons. The predicted octanol–water partition coefficient (Wildman–Crippen LogP) is 3.64. The molecule has 2 atom stereocenters. The highest BCUT2D eigenvalue weighted by Gasteiger charge is 2.31. The SMILES string of the molecule is CCC(C)C(N)c1nc2cc(C(F)(F)F)ccc2n1C. The lowest BCUT2D eigenvalue weighted by Crippen LogP contribution is -2.22. The predicted molar refractivity (Wildman–Crippen MR) is 72.1 cm³/mol.